The third-order valence-corrected chi connectivity index (χ3v) is 6.11. The summed E-state index contributed by atoms with van der Waals surface area (Å²) in [5.74, 6) is 0.296. The summed E-state index contributed by atoms with van der Waals surface area (Å²) < 4.78 is 0. The number of carbonyl (C=O) groups is 2. The smallest absolute Gasteiger partial charge is 0.225 e. The minimum Gasteiger partial charge on any atom is -0.389 e. The van der Waals surface area contributed by atoms with Crippen LogP contribution >= 0.6 is 0 Å². The number of nitrogens with zero attached hydrogens (tertiary/aromatic N) is 2. The Morgan fingerprint density at radius 3 is 2.57 bits per heavy atom. The lowest BCUT2D eigenvalue weighted by Gasteiger charge is -2.45. The number of likely N-dealkylation sites (N-methyl/N-ethyl adjacent to an activating group) is 1. The molecule has 0 aromatic carbocycles. The van der Waals surface area contributed by atoms with Gasteiger partial charge in [0.05, 0.1) is 24.1 Å². The average molecular weight is 322 g/mol. The third-order valence-electron chi connectivity index (χ3n) is 6.11. The fourth-order valence-electron chi connectivity index (χ4n) is 4.74. The van der Waals surface area contributed by atoms with Crippen molar-refractivity contribution in [1.82, 2.24) is 9.80 Å². The van der Waals surface area contributed by atoms with Crippen molar-refractivity contribution in [2.75, 3.05) is 13.6 Å². The Morgan fingerprint density at radius 1 is 1.13 bits per heavy atom. The Hall–Kier alpha value is -1.10. The van der Waals surface area contributed by atoms with E-state index in [0.717, 1.165) is 64.3 Å². The zero-order valence-electron chi connectivity index (χ0n) is 14.3. The summed E-state index contributed by atoms with van der Waals surface area (Å²) in [6.45, 7) is 0.776. The minimum atomic E-state index is -0.797. The molecule has 2 amide bonds. The molecule has 1 N–H and O–H groups in total. The molecule has 2 aliphatic heterocycles. The van der Waals surface area contributed by atoms with Gasteiger partial charge in [0, 0.05) is 20.0 Å². The Labute approximate surface area is 139 Å². The van der Waals surface area contributed by atoms with Gasteiger partial charge in [0.1, 0.15) is 0 Å². The number of carbonyl (C=O) groups excluding carboxylic acids is 2. The first-order valence-corrected chi connectivity index (χ1v) is 9.28. The molecule has 23 heavy (non-hydrogen) atoms. The summed E-state index contributed by atoms with van der Waals surface area (Å²) in [7, 11) is 1.88. The zero-order chi connectivity index (χ0) is 16.4. The number of rotatable bonds is 2. The van der Waals surface area contributed by atoms with Gasteiger partial charge in [-0.1, -0.05) is 19.3 Å². The van der Waals surface area contributed by atoms with E-state index in [2.05, 4.69) is 0 Å². The van der Waals surface area contributed by atoms with E-state index < -0.39 is 5.60 Å². The molecule has 5 nitrogen and oxygen atoms in total. The van der Waals surface area contributed by atoms with Gasteiger partial charge in [0.2, 0.25) is 11.8 Å². The second kappa shape index (κ2) is 6.80. The standard InChI is InChI=1S/C18H30N2O3/c1-19-14-8-6-12-20(15(14)7-5-9-16(19)21)17(22)13-18(23)10-3-2-4-11-18/h14-15,23H,2-13H2,1H3/t14-,15-/m1/s1. The molecule has 2 saturated heterocycles. The summed E-state index contributed by atoms with van der Waals surface area (Å²) in [4.78, 5) is 28.8. The minimum absolute atomic E-state index is 0.0897. The van der Waals surface area contributed by atoms with Crippen LogP contribution in [0.3, 0.4) is 0 Å². The molecule has 130 valence electrons. The number of aliphatic hydroxyl groups is 1. The van der Waals surface area contributed by atoms with Gasteiger partial charge in [0.15, 0.2) is 0 Å². The Morgan fingerprint density at radius 2 is 1.83 bits per heavy atom. The summed E-state index contributed by atoms with van der Waals surface area (Å²) >= 11 is 0. The molecule has 2 heterocycles. The highest BCUT2D eigenvalue weighted by molar-refractivity contribution is 5.79. The van der Waals surface area contributed by atoms with Crippen molar-refractivity contribution >= 4 is 11.8 Å². The predicted octanol–water partition coefficient (Wildman–Crippen LogP) is 2.07. The molecule has 2 atom stereocenters. The van der Waals surface area contributed by atoms with Gasteiger partial charge in [-0.2, -0.15) is 0 Å². The van der Waals surface area contributed by atoms with Crippen molar-refractivity contribution < 1.29 is 14.7 Å². The zero-order valence-corrected chi connectivity index (χ0v) is 14.3. The quantitative estimate of drug-likeness (QED) is 0.846. The van der Waals surface area contributed by atoms with Crippen LogP contribution in [0, 0.1) is 0 Å². The molecule has 1 saturated carbocycles. The van der Waals surface area contributed by atoms with Crippen molar-refractivity contribution in [3.05, 3.63) is 0 Å². The first kappa shape index (κ1) is 16.7. The van der Waals surface area contributed by atoms with E-state index in [1.54, 1.807) is 0 Å². The normalized spacial score (nSPS) is 31.5. The van der Waals surface area contributed by atoms with Gasteiger partial charge in [-0.05, 0) is 38.5 Å². The highest BCUT2D eigenvalue weighted by atomic mass is 16.3. The molecule has 1 aliphatic carbocycles. The Kier molecular flexibility index (Phi) is 4.95. The van der Waals surface area contributed by atoms with Gasteiger partial charge in [-0.15, -0.1) is 0 Å². The van der Waals surface area contributed by atoms with Crippen LogP contribution in [-0.2, 0) is 9.59 Å². The van der Waals surface area contributed by atoms with Crippen LogP contribution in [0.25, 0.3) is 0 Å². The maximum atomic E-state index is 12.9. The number of hydrogen-bond acceptors (Lipinski definition) is 3. The van der Waals surface area contributed by atoms with Crippen LogP contribution in [0.15, 0.2) is 0 Å². The molecule has 5 heteroatoms. The number of piperidine rings is 1. The number of fused-ring (bicyclic) bond motifs is 1. The molecule has 3 aliphatic rings. The highest BCUT2D eigenvalue weighted by Crippen LogP contribution is 2.34. The van der Waals surface area contributed by atoms with Gasteiger partial charge < -0.3 is 14.9 Å². The molecule has 0 spiro atoms. The van der Waals surface area contributed by atoms with Crippen molar-refractivity contribution in [1.29, 1.82) is 0 Å². The SMILES string of the molecule is CN1C(=O)CCC[C@@H]2[C@H]1CCCN2C(=O)CC1(O)CCCCC1. The fraction of sp³-hybridized carbons (Fsp3) is 0.889. The largest absolute Gasteiger partial charge is 0.389 e. The first-order valence-electron chi connectivity index (χ1n) is 9.28. The van der Waals surface area contributed by atoms with Crippen LogP contribution in [0.4, 0.5) is 0 Å². The monoisotopic (exact) mass is 322 g/mol. The lowest BCUT2D eigenvalue weighted by Crippen LogP contribution is -2.57. The number of likely N-dealkylation sites (tertiary alicyclic amines) is 2. The summed E-state index contributed by atoms with van der Waals surface area (Å²) in [6.07, 6.45) is 9.26. The van der Waals surface area contributed by atoms with Gasteiger partial charge in [0.25, 0.3) is 0 Å². The van der Waals surface area contributed by atoms with Gasteiger partial charge >= 0.3 is 0 Å². The summed E-state index contributed by atoms with van der Waals surface area (Å²) in [6, 6.07) is 0.295. The van der Waals surface area contributed by atoms with E-state index in [-0.39, 0.29) is 30.3 Å². The second-order valence-electron chi connectivity index (χ2n) is 7.72. The highest BCUT2D eigenvalue weighted by Gasteiger charge is 2.41. The van der Waals surface area contributed by atoms with Gasteiger partial charge in [-0.25, -0.2) is 0 Å². The van der Waals surface area contributed by atoms with Crippen LogP contribution < -0.4 is 0 Å². The second-order valence-corrected chi connectivity index (χ2v) is 7.72. The maximum absolute atomic E-state index is 12.9. The van der Waals surface area contributed by atoms with Crippen LogP contribution in [-0.4, -0.2) is 58.0 Å². The molecular formula is C18H30N2O3. The summed E-state index contributed by atoms with van der Waals surface area (Å²) in [5.41, 5.74) is -0.797. The first-order chi connectivity index (χ1) is 11.0. The lowest BCUT2D eigenvalue weighted by atomic mass is 9.81. The number of amides is 2. The molecule has 0 aromatic heterocycles. The van der Waals surface area contributed by atoms with E-state index in [4.69, 9.17) is 0 Å². The Balaban J connectivity index is 1.70. The topological polar surface area (TPSA) is 60.9 Å². The molecular weight excluding hydrogens is 292 g/mol. The fourth-order valence-corrected chi connectivity index (χ4v) is 4.74. The van der Waals surface area contributed by atoms with Crippen molar-refractivity contribution in [2.45, 2.75) is 88.3 Å². The van der Waals surface area contributed by atoms with E-state index in [0.29, 0.717) is 6.42 Å². The lowest BCUT2D eigenvalue weighted by molar-refractivity contribution is -0.146. The van der Waals surface area contributed by atoms with Gasteiger partial charge in [-0.3, -0.25) is 9.59 Å². The molecule has 0 bridgehead atoms. The molecule has 0 aromatic rings. The van der Waals surface area contributed by atoms with E-state index >= 15 is 0 Å². The molecule has 0 radical (unpaired) electrons. The third kappa shape index (κ3) is 3.54. The molecule has 3 rings (SSSR count). The molecule has 3 fully saturated rings. The maximum Gasteiger partial charge on any atom is 0.225 e. The van der Waals surface area contributed by atoms with Crippen molar-refractivity contribution in [2.24, 2.45) is 0 Å². The Bertz CT molecular complexity index is 459. The van der Waals surface area contributed by atoms with Crippen molar-refractivity contribution in [3.63, 3.8) is 0 Å². The van der Waals surface area contributed by atoms with Crippen LogP contribution in [0.1, 0.15) is 70.6 Å². The predicted molar refractivity (Wildman–Crippen MR) is 87.8 cm³/mol. The average Bonchev–Trinajstić information content (AvgIpc) is 2.67. The van der Waals surface area contributed by atoms with Crippen molar-refractivity contribution in [3.8, 4) is 0 Å². The number of hydrogen-bond donors (Lipinski definition) is 1. The van der Waals surface area contributed by atoms with E-state index in [9.17, 15) is 14.7 Å². The molecule has 0 unspecified atom stereocenters. The van der Waals surface area contributed by atoms with Crippen LogP contribution in [0.5, 0.6) is 0 Å². The van der Waals surface area contributed by atoms with Crippen LogP contribution in [0.2, 0.25) is 0 Å². The van der Waals surface area contributed by atoms with E-state index in [1.807, 2.05) is 16.8 Å². The summed E-state index contributed by atoms with van der Waals surface area (Å²) in [5, 5.41) is 10.7. The van der Waals surface area contributed by atoms with E-state index in [1.165, 1.54) is 0 Å².